The first-order valence-electron chi connectivity index (χ1n) is 9.35. The van der Waals surface area contributed by atoms with E-state index in [2.05, 4.69) is 37.2 Å². The number of phenols is 1. The van der Waals surface area contributed by atoms with E-state index in [1.165, 1.54) is 6.07 Å². The second-order valence-electron chi connectivity index (χ2n) is 7.01. The molecule has 3 aromatic carbocycles. The highest BCUT2D eigenvalue weighted by molar-refractivity contribution is 9.10. The van der Waals surface area contributed by atoms with Gasteiger partial charge in [-0.25, -0.2) is 4.39 Å². The molecule has 1 aliphatic rings. The number of phenolic OH excluding ortho intramolecular Hbond substituents is 1. The van der Waals surface area contributed by atoms with Crippen LogP contribution in [0.5, 0.6) is 11.5 Å². The Labute approximate surface area is 191 Å². The number of aliphatic imine (C=N–C) groups is 1. The number of halogens is 3. The van der Waals surface area contributed by atoms with Crippen LogP contribution in [0.3, 0.4) is 0 Å². The fraction of sp³-hybridized carbons (Fsp3) is 0.174. The van der Waals surface area contributed by atoms with Crippen molar-refractivity contribution >= 4 is 37.6 Å². The van der Waals surface area contributed by atoms with Crippen LogP contribution in [0.25, 0.3) is 0 Å². The first-order valence-corrected chi connectivity index (χ1v) is 10.9. The number of nitrogens with zero attached hydrogens (tertiary/aromatic N) is 1. The molecule has 0 aromatic heterocycles. The molecule has 1 aliphatic heterocycles. The van der Waals surface area contributed by atoms with Crippen LogP contribution in [0.4, 0.5) is 4.39 Å². The Morgan fingerprint density at radius 3 is 2.70 bits per heavy atom. The molecule has 30 heavy (non-hydrogen) atoms. The van der Waals surface area contributed by atoms with Gasteiger partial charge < -0.3 is 9.84 Å². The molecule has 3 aromatic rings. The third-order valence-electron chi connectivity index (χ3n) is 5.07. The summed E-state index contributed by atoms with van der Waals surface area (Å²) >= 11 is 6.74. The van der Waals surface area contributed by atoms with Crippen molar-refractivity contribution in [2.24, 2.45) is 4.99 Å². The van der Waals surface area contributed by atoms with Gasteiger partial charge in [-0.05, 0) is 69.5 Å². The van der Waals surface area contributed by atoms with Gasteiger partial charge in [-0.2, -0.15) is 0 Å². The second kappa shape index (κ2) is 8.88. The Balaban J connectivity index is 1.79. The molecule has 7 heteroatoms. The van der Waals surface area contributed by atoms with Crippen molar-refractivity contribution in [3.8, 4) is 11.5 Å². The van der Waals surface area contributed by atoms with E-state index in [4.69, 9.17) is 9.73 Å². The molecule has 1 heterocycles. The number of aromatic hydroxyl groups is 1. The molecular formula is C23H19Br2FN2O2. The highest BCUT2D eigenvalue weighted by Crippen LogP contribution is 2.36. The molecule has 0 unspecified atom stereocenters. The fourth-order valence-corrected chi connectivity index (χ4v) is 4.32. The zero-order valence-corrected chi connectivity index (χ0v) is 19.2. The zero-order chi connectivity index (χ0) is 21.3. The summed E-state index contributed by atoms with van der Waals surface area (Å²) in [5.74, 6) is 0.631. The predicted octanol–water partition coefficient (Wildman–Crippen LogP) is 6.29. The summed E-state index contributed by atoms with van der Waals surface area (Å²) < 4.78 is 20.4. The maximum absolute atomic E-state index is 13.8. The topological polar surface area (TPSA) is 53.8 Å². The van der Waals surface area contributed by atoms with Crippen molar-refractivity contribution in [3.63, 3.8) is 0 Å². The Hall–Kier alpha value is -2.22. The third kappa shape index (κ3) is 4.43. The summed E-state index contributed by atoms with van der Waals surface area (Å²) in [7, 11) is 1.63. The van der Waals surface area contributed by atoms with E-state index < -0.39 is 6.17 Å². The molecule has 0 saturated carbocycles. The monoisotopic (exact) mass is 532 g/mol. The van der Waals surface area contributed by atoms with Crippen molar-refractivity contribution in [2.45, 2.75) is 18.6 Å². The van der Waals surface area contributed by atoms with E-state index in [0.717, 1.165) is 32.6 Å². The maximum Gasteiger partial charge on any atom is 0.137 e. The van der Waals surface area contributed by atoms with Gasteiger partial charge >= 0.3 is 0 Å². The Kier molecular flexibility index (Phi) is 6.22. The summed E-state index contributed by atoms with van der Waals surface area (Å²) in [6.45, 7) is 0. The number of benzene rings is 3. The maximum atomic E-state index is 13.8. The quantitative estimate of drug-likeness (QED) is 0.414. The Morgan fingerprint density at radius 2 is 1.93 bits per heavy atom. The number of methoxy groups -OCH3 is 1. The molecular weight excluding hydrogens is 515 g/mol. The number of rotatable bonds is 4. The van der Waals surface area contributed by atoms with Gasteiger partial charge in [0.25, 0.3) is 0 Å². The summed E-state index contributed by atoms with van der Waals surface area (Å²) in [5, 5.41) is 14.0. The first kappa shape index (κ1) is 21.0. The zero-order valence-electron chi connectivity index (χ0n) is 16.1. The predicted molar refractivity (Wildman–Crippen MR) is 123 cm³/mol. The van der Waals surface area contributed by atoms with Crippen LogP contribution in [0.2, 0.25) is 0 Å². The van der Waals surface area contributed by atoms with Gasteiger partial charge in [-0.1, -0.05) is 34.1 Å². The van der Waals surface area contributed by atoms with E-state index in [9.17, 15) is 9.50 Å². The summed E-state index contributed by atoms with van der Waals surface area (Å²) in [4.78, 5) is 4.91. The number of nitrogens with one attached hydrogen (secondary N) is 1. The highest BCUT2D eigenvalue weighted by atomic mass is 79.9. The molecule has 0 aliphatic carbocycles. The highest BCUT2D eigenvalue weighted by Gasteiger charge is 2.28. The van der Waals surface area contributed by atoms with E-state index in [1.54, 1.807) is 31.4 Å². The molecule has 0 bridgehead atoms. The van der Waals surface area contributed by atoms with E-state index >= 15 is 0 Å². The summed E-state index contributed by atoms with van der Waals surface area (Å²) in [6.07, 6.45) is 0.177. The van der Waals surface area contributed by atoms with Crippen LogP contribution in [0, 0.1) is 5.82 Å². The van der Waals surface area contributed by atoms with Crippen LogP contribution in [-0.2, 0) is 0 Å². The number of hydrogen-bond donors (Lipinski definition) is 2. The van der Waals surface area contributed by atoms with Crippen LogP contribution >= 0.6 is 31.9 Å². The third-order valence-corrected chi connectivity index (χ3v) is 6.17. The molecule has 0 radical (unpaired) electrons. The van der Waals surface area contributed by atoms with Gasteiger partial charge in [-0.3, -0.25) is 10.3 Å². The van der Waals surface area contributed by atoms with Gasteiger partial charge in [0.05, 0.1) is 11.6 Å². The van der Waals surface area contributed by atoms with Crippen molar-refractivity contribution in [1.29, 1.82) is 0 Å². The largest absolute Gasteiger partial charge is 0.508 e. The van der Waals surface area contributed by atoms with E-state index in [0.29, 0.717) is 10.9 Å². The molecule has 0 saturated heterocycles. The minimum Gasteiger partial charge on any atom is -0.508 e. The summed E-state index contributed by atoms with van der Waals surface area (Å²) in [5.41, 5.74) is 3.41. The molecule has 0 amide bonds. The van der Waals surface area contributed by atoms with Gasteiger partial charge in [0.1, 0.15) is 23.5 Å². The SMILES string of the molecule is COc1cccc(C2=N[C@@H](c3ccc(F)c(Br)c3)N[C@H](c3cc(Br)ccc3O)C2)c1. The molecule has 2 N–H and O–H groups in total. The fourth-order valence-electron chi connectivity index (χ4n) is 3.54. The lowest BCUT2D eigenvalue weighted by atomic mass is 9.93. The first-order chi connectivity index (χ1) is 14.4. The molecule has 4 nitrogen and oxygen atoms in total. The normalized spacial score (nSPS) is 18.7. The molecule has 2 atom stereocenters. The minimum atomic E-state index is -0.403. The second-order valence-corrected chi connectivity index (χ2v) is 8.78. The van der Waals surface area contributed by atoms with Crippen molar-refractivity contribution in [3.05, 3.63) is 92.1 Å². The lowest BCUT2D eigenvalue weighted by Gasteiger charge is -2.31. The van der Waals surface area contributed by atoms with Crippen LogP contribution in [0.1, 0.15) is 35.3 Å². The van der Waals surface area contributed by atoms with Gasteiger partial charge in [0, 0.05) is 28.2 Å². The standard InChI is InChI=1S/C23H19Br2FN2O2/c1-30-16-4-2-3-13(9-16)20-12-21(17-11-15(24)6-8-22(17)29)28-23(27-20)14-5-7-19(26)18(25)10-14/h2-11,21,23,28-29H,12H2,1H3/t21-,23+/m0/s1. The number of hydrogen-bond acceptors (Lipinski definition) is 4. The van der Waals surface area contributed by atoms with E-state index in [-0.39, 0.29) is 17.6 Å². The smallest absolute Gasteiger partial charge is 0.137 e. The lowest BCUT2D eigenvalue weighted by Crippen LogP contribution is -2.33. The average Bonchev–Trinajstić information content (AvgIpc) is 2.77. The Morgan fingerprint density at radius 1 is 1.10 bits per heavy atom. The molecule has 4 rings (SSSR count). The minimum absolute atomic E-state index is 0.185. The number of ether oxygens (including phenoxy) is 1. The van der Waals surface area contributed by atoms with Gasteiger partial charge in [-0.15, -0.1) is 0 Å². The molecule has 0 fully saturated rings. The average molecular weight is 534 g/mol. The molecule has 154 valence electrons. The van der Waals surface area contributed by atoms with Crippen molar-refractivity contribution < 1.29 is 14.2 Å². The van der Waals surface area contributed by atoms with Gasteiger partial charge in [0.2, 0.25) is 0 Å². The lowest BCUT2D eigenvalue weighted by molar-refractivity contribution is 0.410. The van der Waals surface area contributed by atoms with Crippen LogP contribution in [0.15, 0.2) is 74.6 Å². The summed E-state index contributed by atoms with van der Waals surface area (Å²) in [6, 6.07) is 17.8. The van der Waals surface area contributed by atoms with Crippen molar-refractivity contribution in [2.75, 3.05) is 7.11 Å². The van der Waals surface area contributed by atoms with Crippen molar-refractivity contribution in [1.82, 2.24) is 5.32 Å². The van der Waals surface area contributed by atoms with E-state index in [1.807, 2.05) is 30.3 Å². The van der Waals surface area contributed by atoms with Gasteiger partial charge in [0.15, 0.2) is 0 Å². The Bertz CT molecular complexity index is 1120. The van der Waals surface area contributed by atoms with Crippen LogP contribution in [-0.4, -0.2) is 17.9 Å². The molecule has 0 spiro atoms. The van der Waals surface area contributed by atoms with Crippen LogP contribution < -0.4 is 10.1 Å².